The van der Waals surface area contributed by atoms with E-state index in [0.717, 1.165) is 12.8 Å². The van der Waals surface area contributed by atoms with E-state index in [9.17, 15) is 0 Å². The number of anilines is 6. The van der Waals surface area contributed by atoms with E-state index >= 15 is 0 Å². The maximum Gasteiger partial charge on any atom is 0.0742 e. The zero-order chi connectivity index (χ0) is 83.0. The van der Waals surface area contributed by atoms with Crippen LogP contribution in [0.4, 0.5) is 34.1 Å². The highest BCUT2D eigenvalue weighted by molar-refractivity contribution is 6.25. The molecule has 0 aliphatic carbocycles. The average molecular weight is 1580 g/mol. The van der Waals surface area contributed by atoms with Crippen LogP contribution >= 0.6 is 0 Å². The monoisotopic (exact) mass is 1570 g/mol. The summed E-state index contributed by atoms with van der Waals surface area (Å²) in [6.45, 7) is 4.61. The van der Waals surface area contributed by atoms with Crippen molar-refractivity contribution in [3.63, 3.8) is 0 Å². The summed E-state index contributed by atoms with van der Waals surface area (Å²) in [5, 5.41) is 13.2. The molecule has 3 aliphatic rings. The Morgan fingerprint density at radius 1 is 0.213 bits per heavy atom. The molecule has 0 fully saturated rings. The van der Waals surface area contributed by atoms with Crippen LogP contribution in [0.2, 0.25) is 0 Å². The second kappa shape index (κ2) is 32.9. The van der Waals surface area contributed by atoms with Gasteiger partial charge in [-0.1, -0.05) is 360 Å². The first-order valence-corrected chi connectivity index (χ1v) is 42.5. The minimum Gasteiger partial charge on any atom is -0.344 e. The van der Waals surface area contributed by atoms with Crippen molar-refractivity contribution in [1.29, 1.82) is 0 Å². The van der Waals surface area contributed by atoms with Gasteiger partial charge in [0.1, 0.15) is 0 Å². The lowest BCUT2D eigenvalue weighted by atomic mass is 9.62. The Hall–Kier alpha value is -14.7. The third-order valence-electron chi connectivity index (χ3n) is 25.8. The first kappa shape index (κ1) is 77.2. The molecule has 0 spiro atoms. The molecule has 24 rings (SSSR count). The van der Waals surface area contributed by atoms with Crippen LogP contribution in [0.25, 0.3) is 109 Å². The van der Waals surface area contributed by atoms with E-state index in [-0.39, 0.29) is 10.8 Å². The molecule has 6 nitrogen and oxygen atoms in total. The molecule has 0 amide bonds. The molecule has 6 heteroatoms. The lowest BCUT2D eigenvalue weighted by Crippen LogP contribution is -2.37. The van der Waals surface area contributed by atoms with Gasteiger partial charge in [-0.15, -0.1) is 0 Å². The van der Waals surface area contributed by atoms with Gasteiger partial charge in [0.15, 0.2) is 0 Å². The van der Waals surface area contributed by atoms with Gasteiger partial charge in [0.05, 0.1) is 10.9 Å². The molecular formula is C116H98N6. The standard InChI is InChI=1S/C26H21N.C25H19N.C21H15N.C16H17N.C15H15N.C13H11N/c1-27-24-18-10-8-16-22(24)26(20-12-4-2-5-13-20,21-14-6-3-7-15-21)23-17-9-11-19-25(23)27;1-26-24-14-12-20(18-8-4-2-5-9-18)16-22(24)23-17-21(13-15-25(23)26)19-10-6-3-7-11-19;1-22-19-13-11-14-6-2-4-8-16(14)20(19)18-12-10-15-7-3-5-9-17(15)21(18)22;1-16(2)12-8-4-6-10-14(12)17(3)15-11-7-5-9-13(15)16;1-16-14-8-4-2-6-12(14)10-11-13-7-3-5-9-15(13)16;1-14-12-8-4-2-6-10(12)11-7-3-5-9-13(11)14/h2-19H,1H3;2-17H,1H3;2-13H,1H3;4-11H,1-3H3;2-9H,10-11H2,1H3;2-9H,1H3. The van der Waals surface area contributed by atoms with E-state index in [1.807, 2.05) is 0 Å². The quantitative estimate of drug-likeness (QED) is 0.176. The predicted octanol–water partition coefficient (Wildman–Crippen LogP) is 29.4. The molecule has 0 saturated carbocycles. The Bertz CT molecular complexity index is 7060. The fourth-order valence-electron chi connectivity index (χ4n) is 19.7. The molecule has 0 N–H and O–H groups in total. The first-order chi connectivity index (χ1) is 59.8. The third kappa shape index (κ3) is 13.8. The van der Waals surface area contributed by atoms with Crippen molar-refractivity contribution in [1.82, 2.24) is 13.7 Å². The molecule has 3 aromatic heterocycles. The van der Waals surface area contributed by atoms with Crippen molar-refractivity contribution in [2.45, 2.75) is 37.5 Å². The maximum absolute atomic E-state index is 2.33. The van der Waals surface area contributed by atoms with Gasteiger partial charge >= 0.3 is 0 Å². The molecule has 18 aromatic carbocycles. The fraction of sp³-hybridized carbons (Fsp3) is 0.103. The molecule has 0 bridgehead atoms. The van der Waals surface area contributed by atoms with E-state index in [1.54, 1.807) is 0 Å². The smallest absolute Gasteiger partial charge is 0.0742 e. The summed E-state index contributed by atoms with van der Waals surface area (Å²) in [5.41, 5.74) is 31.3. The van der Waals surface area contributed by atoms with Crippen LogP contribution < -0.4 is 14.7 Å². The summed E-state index contributed by atoms with van der Waals surface area (Å²) in [5.74, 6) is 0. The zero-order valence-corrected chi connectivity index (χ0v) is 70.5. The molecular weight excluding hydrogens is 1480 g/mol. The second-order valence-corrected chi connectivity index (χ2v) is 32.9. The largest absolute Gasteiger partial charge is 0.344 e. The van der Waals surface area contributed by atoms with E-state index < -0.39 is 0 Å². The minimum absolute atomic E-state index is 0.0830. The summed E-state index contributed by atoms with van der Waals surface area (Å²) in [4.78, 5) is 6.91. The van der Waals surface area contributed by atoms with Crippen molar-refractivity contribution in [2.75, 3.05) is 35.8 Å². The van der Waals surface area contributed by atoms with Gasteiger partial charge in [-0.2, -0.15) is 0 Å². The number of para-hydroxylation sites is 8. The Balaban J connectivity index is 0.0000000978. The Labute approximate surface area is 715 Å². The number of hydrogen-bond acceptors (Lipinski definition) is 3. The summed E-state index contributed by atoms with van der Waals surface area (Å²) in [7, 11) is 12.9. The van der Waals surface area contributed by atoms with Crippen LogP contribution in [0, 0.1) is 0 Å². The highest BCUT2D eigenvalue weighted by atomic mass is 15.1. The molecule has 122 heavy (non-hydrogen) atoms. The van der Waals surface area contributed by atoms with Crippen LogP contribution in [0.15, 0.2) is 425 Å². The van der Waals surface area contributed by atoms with E-state index in [1.165, 1.54) is 188 Å². The summed E-state index contributed by atoms with van der Waals surface area (Å²) < 4.78 is 6.86. The summed E-state index contributed by atoms with van der Waals surface area (Å²) in [6, 6.07) is 152. The average Bonchev–Trinajstić information content (AvgIpc) is 1.02. The maximum atomic E-state index is 2.33. The summed E-state index contributed by atoms with van der Waals surface area (Å²) in [6.07, 6.45) is 2.27. The van der Waals surface area contributed by atoms with Gasteiger partial charge in [0.25, 0.3) is 0 Å². The van der Waals surface area contributed by atoms with Crippen molar-refractivity contribution in [3.8, 4) is 22.3 Å². The van der Waals surface area contributed by atoms with Crippen LogP contribution in [-0.4, -0.2) is 34.8 Å². The van der Waals surface area contributed by atoms with Gasteiger partial charge in [-0.05, 0) is 175 Å². The number of rotatable bonds is 4. The Morgan fingerprint density at radius 2 is 0.533 bits per heavy atom. The molecule has 21 aromatic rings. The van der Waals surface area contributed by atoms with Gasteiger partial charge in [-0.25, -0.2) is 0 Å². The number of fused-ring (bicyclic) bond motifs is 19. The van der Waals surface area contributed by atoms with Crippen molar-refractivity contribution in [2.24, 2.45) is 21.1 Å². The first-order valence-electron chi connectivity index (χ1n) is 42.5. The van der Waals surface area contributed by atoms with Gasteiger partial charge in [0, 0.05) is 147 Å². The SMILES string of the molecule is CN1c2ccccc2C(C)(C)c2ccccc21.CN1c2ccccc2C(c2ccccc2)(c2ccccc2)c2ccccc21.CN1c2ccccc2CCc2ccccc21.Cn1c2ccc(-c3ccccc3)cc2c2cc(-c3ccccc3)ccc21.Cn1c2ccc3ccccc3c2c2ccc3ccccc3c21.Cn1c2ccccc2c2ccccc21. The van der Waals surface area contributed by atoms with E-state index in [0.29, 0.717) is 0 Å². The minimum atomic E-state index is -0.331. The molecule has 6 heterocycles. The lowest BCUT2D eigenvalue weighted by molar-refractivity contribution is 0.629. The molecule has 0 atom stereocenters. The number of hydrogen-bond donors (Lipinski definition) is 0. The predicted molar refractivity (Wildman–Crippen MR) is 521 cm³/mol. The Morgan fingerprint density at radius 3 is 0.992 bits per heavy atom. The molecule has 0 unspecified atom stereocenters. The molecule has 3 aliphatic heterocycles. The van der Waals surface area contributed by atoms with Crippen molar-refractivity contribution < 1.29 is 0 Å². The Kier molecular flexibility index (Phi) is 20.8. The van der Waals surface area contributed by atoms with Crippen LogP contribution in [0.3, 0.4) is 0 Å². The number of benzene rings is 18. The van der Waals surface area contributed by atoms with Gasteiger partial charge in [-0.3, -0.25) is 0 Å². The van der Waals surface area contributed by atoms with Crippen molar-refractivity contribution in [3.05, 3.63) is 469 Å². The van der Waals surface area contributed by atoms with Gasteiger partial charge in [0.2, 0.25) is 0 Å². The number of aromatic nitrogens is 3. The third-order valence-corrected chi connectivity index (χ3v) is 25.8. The van der Waals surface area contributed by atoms with Gasteiger partial charge < -0.3 is 28.4 Å². The van der Waals surface area contributed by atoms with Crippen LogP contribution in [0.5, 0.6) is 0 Å². The topological polar surface area (TPSA) is 24.5 Å². The summed E-state index contributed by atoms with van der Waals surface area (Å²) >= 11 is 0. The number of aryl methyl sites for hydroxylation is 5. The van der Waals surface area contributed by atoms with Crippen molar-refractivity contribution >= 4 is 121 Å². The van der Waals surface area contributed by atoms with Crippen LogP contribution in [0.1, 0.15) is 58.4 Å². The zero-order valence-electron chi connectivity index (χ0n) is 70.5. The fourth-order valence-corrected chi connectivity index (χ4v) is 19.7. The number of nitrogens with zero attached hydrogens (tertiary/aromatic N) is 6. The highest BCUT2D eigenvalue weighted by Gasteiger charge is 2.45. The van der Waals surface area contributed by atoms with E-state index in [2.05, 4.69) is 509 Å². The highest BCUT2D eigenvalue weighted by Crippen LogP contribution is 2.56. The molecule has 0 radical (unpaired) electrons. The molecule has 592 valence electrons. The second-order valence-electron chi connectivity index (χ2n) is 32.9. The van der Waals surface area contributed by atoms with Crippen LogP contribution in [-0.2, 0) is 44.8 Å². The normalized spacial score (nSPS) is 13.1. The molecule has 0 saturated heterocycles. The van der Waals surface area contributed by atoms with E-state index in [4.69, 9.17) is 0 Å². The lowest BCUT2D eigenvalue weighted by Gasteiger charge is -2.45.